The molecule has 0 saturated carbocycles. The third-order valence-electron chi connectivity index (χ3n) is 2.30. The lowest BCUT2D eigenvalue weighted by Crippen LogP contribution is -1.99. The maximum Gasteiger partial charge on any atom is 0.163 e. The molecule has 2 nitrogen and oxygen atoms in total. The van der Waals surface area contributed by atoms with Gasteiger partial charge in [0.2, 0.25) is 0 Å². The molecule has 0 aliphatic heterocycles. The quantitative estimate of drug-likeness (QED) is 0.527. The molecule has 0 N–H and O–H groups in total. The van der Waals surface area contributed by atoms with Gasteiger partial charge in [-0.2, -0.15) is 0 Å². The minimum absolute atomic E-state index is 0.0464. The maximum atomic E-state index is 11.5. The van der Waals surface area contributed by atoms with E-state index in [1.165, 1.54) is 5.56 Å². The Labute approximate surface area is 90.3 Å². The van der Waals surface area contributed by atoms with Crippen LogP contribution in [0.3, 0.4) is 0 Å². The number of aldehydes is 1. The van der Waals surface area contributed by atoms with Crippen molar-refractivity contribution in [3.8, 4) is 0 Å². The standard InChI is InChI=1S/C13H16O2/c1-2-4-11-6-8-12(9-7-11)13(15)5-3-10-14/h6-10H,2-5H2,1H3. The van der Waals surface area contributed by atoms with Gasteiger partial charge in [-0.3, -0.25) is 4.79 Å². The Morgan fingerprint density at radius 3 is 2.47 bits per heavy atom. The van der Waals surface area contributed by atoms with Gasteiger partial charge in [-0.25, -0.2) is 0 Å². The molecule has 0 saturated heterocycles. The summed E-state index contributed by atoms with van der Waals surface area (Å²) in [6.45, 7) is 2.13. The summed E-state index contributed by atoms with van der Waals surface area (Å²) >= 11 is 0. The van der Waals surface area contributed by atoms with Crippen LogP contribution < -0.4 is 0 Å². The number of carbonyl (C=O) groups excluding carboxylic acids is 2. The van der Waals surface area contributed by atoms with E-state index in [1.807, 2.05) is 24.3 Å². The molecule has 1 rings (SSSR count). The van der Waals surface area contributed by atoms with Crippen LogP contribution in [-0.4, -0.2) is 12.1 Å². The van der Waals surface area contributed by atoms with Crippen molar-refractivity contribution in [1.29, 1.82) is 0 Å². The van der Waals surface area contributed by atoms with Gasteiger partial charge in [0.05, 0.1) is 0 Å². The summed E-state index contributed by atoms with van der Waals surface area (Å²) in [6.07, 6.45) is 3.57. The van der Waals surface area contributed by atoms with Crippen molar-refractivity contribution in [2.75, 3.05) is 0 Å². The molecule has 0 spiro atoms. The molecule has 0 aliphatic carbocycles. The molecule has 0 aromatic heterocycles. The van der Waals surface area contributed by atoms with Crippen LogP contribution in [0.1, 0.15) is 42.1 Å². The number of aryl methyl sites for hydroxylation is 1. The number of Topliss-reactive ketones (excluding diaryl/α,β-unsaturated/α-hetero) is 1. The van der Waals surface area contributed by atoms with E-state index in [0.29, 0.717) is 18.4 Å². The third-order valence-corrected chi connectivity index (χ3v) is 2.30. The molecule has 1 aromatic carbocycles. The summed E-state index contributed by atoms with van der Waals surface area (Å²) in [5.74, 6) is 0.0464. The van der Waals surface area contributed by atoms with E-state index in [0.717, 1.165) is 19.1 Å². The van der Waals surface area contributed by atoms with Crippen LogP contribution in [0.25, 0.3) is 0 Å². The number of carbonyl (C=O) groups is 2. The first-order valence-corrected chi connectivity index (χ1v) is 5.33. The molecule has 2 heteroatoms. The summed E-state index contributed by atoms with van der Waals surface area (Å²) < 4.78 is 0. The third kappa shape index (κ3) is 3.66. The lowest BCUT2D eigenvalue weighted by Gasteiger charge is -2.01. The molecule has 0 aliphatic rings. The van der Waals surface area contributed by atoms with Crippen molar-refractivity contribution >= 4 is 12.1 Å². The van der Waals surface area contributed by atoms with Crippen LogP contribution in [0.15, 0.2) is 24.3 Å². The smallest absolute Gasteiger partial charge is 0.163 e. The van der Waals surface area contributed by atoms with Crippen LogP contribution in [-0.2, 0) is 11.2 Å². The monoisotopic (exact) mass is 204 g/mol. The van der Waals surface area contributed by atoms with Crippen molar-refractivity contribution in [2.45, 2.75) is 32.6 Å². The zero-order valence-corrected chi connectivity index (χ0v) is 9.03. The van der Waals surface area contributed by atoms with E-state index in [4.69, 9.17) is 0 Å². The zero-order valence-electron chi connectivity index (χ0n) is 9.03. The second-order valence-corrected chi connectivity index (χ2v) is 3.58. The van der Waals surface area contributed by atoms with Gasteiger partial charge in [0, 0.05) is 18.4 Å². The Hall–Kier alpha value is -1.44. The highest BCUT2D eigenvalue weighted by Crippen LogP contribution is 2.09. The van der Waals surface area contributed by atoms with Crippen LogP contribution in [0.5, 0.6) is 0 Å². The van der Waals surface area contributed by atoms with Crippen LogP contribution >= 0.6 is 0 Å². The maximum absolute atomic E-state index is 11.5. The van der Waals surface area contributed by atoms with Gasteiger partial charge >= 0.3 is 0 Å². The average molecular weight is 204 g/mol. The molecule has 0 amide bonds. The largest absolute Gasteiger partial charge is 0.303 e. The van der Waals surface area contributed by atoms with E-state index in [2.05, 4.69) is 6.92 Å². The van der Waals surface area contributed by atoms with Gasteiger partial charge in [0.25, 0.3) is 0 Å². The summed E-state index contributed by atoms with van der Waals surface area (Å²) in [5.41, 5.74) is 1.96. The van der Waals surface area contributed by atoms with Gasteiger partial charge < -0.3 is 4.79 Å². The van der Waals surface area contributed by atoms with Gasteiger partial charge in [-0.05, 0) is 12.0 Å². The van der Waals surface area contributed by atoms with E-state index in [1.54, 1.807) is 0 Å². The summed E-state index contributed by atoms with van der Waals surface area (Å²) in [4.78, 5) is 21.6. The number of rotatable bonds is 6. The highest BCUT2D eigenvalue weighted by molar-refractivity contribution is 5.96. The van der Waals surface area contributed by atoms with Gasteiger partial charge in [0.15, 0.2) is 5.78 Å². The van der Waals surface area contributed by atoms with Crippen LogP contribution in [0.2, 0.25) is 0 Å². The SMILES string of the molecule is CCCc1ccc(C(=O)CCC=O)cc1. The zero-order chi connectivity index (χ0) is 11.1. The molecular formula is C13H16O2. The molecule has 0 heterocycles. The van der Waals surface area contributed by atoms with Crippen molar-refractivity contribution in [2.24, 2.45) is 0 Å². The van der Waals surface area contributed by atoms with E-state index < -0.39 is 0 Å². The number of ketones is 1. The average Bonchev–Trinajstić information content (AvgIpc) is 2.27. The van der Waals surface area contributed by atoms with E-state index >= 15 is 0 Å². The summed E-state index contributed by atoms with van der Waals surface area (Å²) in [7, 11) is 0. The Morgan fingerprint density at radius 1 is 1.27 bits per heavy atom. The molecule has 0 unspecified atom stereocenters. The highest BCUT2D eigenvalue weighted by Gasteiger charge is 2.04. The molecule has 15 heavy (non-hydrogen) atoms. The Kier molecular flexibility index (Phi) is 4.75. The minimum Gasteiger partial charge on any atom is -0.303 e. The van der Waals surface area contributed by atoms with Crippen LogP contribution in [0, 0.1) is 0 Å². The van der Waals surface area contributed by atoms with Crippen molar-refractivity contribution < 1.29 is 9.59 Å². The molecule has 0 atom stereocenters. The lowest BCUT2D eigenvalue weighted by atomic mass is 10.0. The lowest BCUT2D eigenvalue weighted by molar-refractivity contribution is -0.107. The first kappa shape index (κ1) is 11.6. The fourth-order valence-electron chi connectivity index (χ4n) is 1.48. The Balaban J connectivity index is 2.62. The Bertz CT molecular complexity index is 325. The van der Waals surface area contributed by atoms with Crippen molar-refractivity contribution in [3.05, 3.63) is 35.4 Å². The highest BCUT2D eigenvalue weighted by atomic mass is 16.1. The van der Waals surface area contributed by atoms with Crippen molar-refractivity contribution in [1.82, 2.24) is 0 Å². The topological polar surface area (TPSA) is 34.1 Å². The molecule has 80 valence electrons. The Morgan fingerprint density at radius 2 is 1.93 bits per heavy atom. The van der Waals surface area contributed by atoms with Gasteiger partial charge in [0.1, 0.15) is 6.29 Å². The number of benzene rings is 1. The summed E-state index contributed by atoms with van der Waals surface area (Å²) in [5, 5.41) is 0. The molecule has 0 bridgehead atoms. The number of hydrogen-bond donors (Lipinski definition) is 0. The van der Waals surface area contributed by atoms with E-state index in [-0.39, 0.29) is 5.78 Å². The fourth-order valence-corrected chi connectivity index (χ4v) is 1.48. The normalized spacial score (nSPS) is 9.93. The first-order chi connectivity index (χ1) is 7.27. The molecule has 0 fully saturated rings. The molecule has 0 radical (unpaired) electrons. The van der Waals surface area contributed by atoms with Crippen LogP contribution in [0.4, 0.5) is 0 Å². The van der Waals surface area contributed by atoms with Crippen molar-refractivity contribution in [3.63, 3.8) is 0 Å². The second kappa shape index (κ2) is 6.12. The number of hydrogen-bond acceptors (Lipinski definition) is 2. The fraction of sp³-hybridized carbons (Fsp3) is 0.385. The van der Waals surface area contributed by atoms with E-state index in [9.17, 15) is 9.59 Å². The minimum atomic E-state index is 0.0464. The predicted octanol–water partition coefficient (Wildman–Crippen LogP) is 2.80. The molecular weight excluding hydrogens is 188 g/mol. The summed E-state index contributed by atoms with van der Waals surface area (Å²) in [6, 6.07) is 7.66. The second-order valence-electron chi connectivity index (χ2n) is 3.58. The molecule has 1 aromatic rings. The van der Waals surface area contributed by atoms with Gasteiger partial charge in [-0.1, -0.05) is 37.6 Å². The first-order valence-electron chi connectivity index (χ1n) is 5.33. The van der Waals surface area contributed by atoms with Gasteiger partial charge in [-0.15, -0.1) is 0 Å². The predicted molar refractivity (Wildman–Crippen MR) is 60.1 cm³/mol.